The van der Waals surface area contributed by atoms with Gasteiger partial charge in [0.25, 0.3) is 0 Å². The molecule has 0 saturated heterocycles. The summed E-state index contributed by atoms with van der Waals surface area (Å²) >= 11 is 0. The summed E-state index contributed by atoms with van der Waals surface area (Å²) in [5, 5.41) is 5.93. The lowest BCUT2D eigenvalue weighted by Crippen LogP contribution is -2.46. The van der Waals surface area contributed by atoms with E-state index in [9.17, 15) is 9.59 Å². The first-order valence-corrected chi connectivity index (χ1v) is 12.9. The van der Waals surface area contributed by atoms with Crippen LogP contribution in [0.25, 0.3) is 11.0 Å². The summed E-state index contributed by atoms with van der Waals surface area (Å²) in [4.78, 5) is 33.2. The summed E-state index contributed by atoms with van der Waals surface area (Å²) in [6, 6.07) is 5.19. The standard InChI is InChI=1S/C27H38N4O4/c1-27(2,3)35-26(33)31-23(14-34-4)25-29-21-6-5-19(12-22(21)30-25)28-24(32)13-20-17-8-15-7-16(10-17)11-18(20)9-15/h5-6,12,15-18,20,23H,7-11,13-14H2,1-4H3,(H,28,32)(H,29,30)(H,31,33). The van der Waals surface area contributed by atoms with E-state index in [0.717, 1.165) is 40.4 Å². The molecule has 6 rings (SSSR count). The van der Waals surface area contributed by atoms with Crippen molar-refractivity contribution < 1.29 is 19.1 Å². The molecule has 8 nitrogen and oxygen atoms in total. The lowest BCUT2D eigenvalue weighted by atomic mass is 9.51. The average Bonchev–Trinajstić information content (AvgIpc) is 3.17. The molecule has 0 aliphatic heterocycles. The highest BCUT2D eigenvalue weighted by molar-refractivity contribution is 5.93. The zero-order valence-corrected chi connectivity index (χ0v) is 21.2. The monoisotopic (exact) mass is 482 g/mol. The number of benzene rings is 1. The van der Waals surface area contributed by atoms with Gasteiger partial charge in [-0.05, 0) is 101 Å². The van der Waals surface area contributed by atoms with E-state index in [2.05, 4.69) is 20.6 Å². The lowest BCUT2D eigenvalue weighted by molar-refractivity contribution is -0.121. The smallest absolute Gasteiger partial charge is 0.408 e. The first kappa shape index (κ1) is 24.1. The van der Waals surface area contributed by atoms with Gasteiger partial charge >= 0.3 is 6.09 Å². The molecular formula is C27H38N4O4. The number of alkyl carbamates (subject to hydrolysis) is 1. The summed E-state index contributed by atoms with van der Waals surface area (Å²) in [7, 11) is 1.57. The van der Waals surface area contributed by atoms with Gasteiger partial charge in [-0.1, -0.05) is 0 Å². The van der Waals surface area contributed by atoms with Crippen LogP contribution in [0.4, 0.5) is 10.5 Å². The van der Waals surface area contributed by atoms with E-state index in [0.29, 0.717) is 18.2 Å². The fraction of sp³-hybridized carbons (Fsp3) is 0.667. The summed E-state index contributed by atoms with van der Waals surface area (Å²) in [6.45, 7) is 5.70. The number of carbonyl (C=O) groups excluding carboxylic acids is 2. The number of H-pyrrole nitrogens is 1. The number of ether oxygens (including phenoxy) is 2. The Bertz CT molecular complexity index is 1060. The number of nitrogens with one attached hydrogen (secondary N) is 3. The highest BCUT2D eigenvalue weighted by Gasteiger charge is 2.48. The van der Waals surface area contributed by atoms with Crippen molar-refractivity contribution >= 4 is 28.7 Å². The molecule has 2 amide bonds. The number of hydrogen-bond acceptors (Lipinski definition) is 5. The van der Waals surface area contributed by atoms with E-state index in [1.54, 1.807) is 7.11 Å². The largest absolute Gasteiger partial charge is 0.444 e. The van der Waals surface area contributed by atoms with Gasteiger partial charge in [-0.3, -0.25) is 4.79 Å². The number of aromatic nitrogens is 2. The summed E-state index contributed by atoms with van der Waals surface area (Å²) in [6.07, 6.45) is 6.82. The minimum absolute atomic E-state index is 0.0986. The first-order chi connectivity index (χ1) is 16.7. The third kappa shape index (κ3) is 5.47. The Hall–Kier alpha value is -2.61. The van der Waals surface area contributed by atoms with Crippen molar-refractivity contribution in [1.29, 1.82) is 0 Å². The quantitative estimate of drug-likeness (QED) is 0.505. The fourth-order valence-electron chi connectivity index (χ4n) is 6.87. The second kappa shape index (κ2) is 9.45. The van der Waals surface area contributed by atoms with Crippen molar-refractivity contribution in [3.63, 3.8) is 0 Å². The maximum absolute atomic E-state index is 13.0. The molecule has 0 radical (unpaired) electrons. The molecule has 1 heterocycles. The highest BCUT2D eigenvalue weighted by atomic mass is 16.6. The fourth-order valence-corrected chi connectivity index (χ4v) is 6.87. The molecule has 1 aromatic heterocycles. The highest BCUT2D eigenvalue weighted by Crippen LogP contribution is 2.57. The normalized spacial score (nSPS) is 28.2. The van der Waals surface area contributed by atoms with Gasteiger partial charge in [0, 0.05) is 19.2 Å². The zero-order valence-electron chi connectivity index (χ0n) is 21.2. The number of imidazole rings is 1. The van der Waals surface area contributed by atoms with Crippen molar-refractivity contribution in [2.75, 3.05) is 19.0 Å². The Morgan fingerprint density at radius 2 is 1.80 bits per heavy atom. The van der Waals surface area contributed by atoms with Crippen LogP contribution in [0, 0.1) is 29.6 Å². The molecule has 4 bridgehead atoms. The number of aromatic amines is 1. The minimum atomic E-state index is -0.598. The Balaban J connectivity index is 1.24. The van der Waals surface area contributed by atoms with Crippen LogP contribution < -0.4 is 10.6 Å². The number of methoxy groups -OCH3 is 1. The number of nitrogens with zero attached hydrogens (tertiary/aromatic N) is 1. The van der Waals surface area contributed by atoms with Gasteiger partial charge in [0.2, 0.25) is 5.91 Å². The van der Waals surface area contributed by atoms with E-state index in [1.807, 2.05) is 39.0 Å². The summed E-state index contributed by atoms with van der Waals surface area (Å²) < 4.78 is 10.7. The predicted octanol–water partition coefficient (Wildman–Crippen LogP) is 5.18. The molecule has 4 aliphatic rings. The molecular weight excluding hydrogens is 444 g/mol. The predicted molar refractivity (Wildman–Crippen MR) is 134 cm³/mol. The van der Waals surface area contributed by atoms with Gasteiger partial charge in [-0.25, -0.2) is 9.78 Å². The van der Waals surface area contributed by atoms with Crippen molar-refractivity contribution in [1.82, 2.24) is 15.3 Å². The average molecular weight is 483 g/mol. The molecule has 35 heavy (non-hydrogen) atoms. The van der Waals surface area contributed by atoms with Gasteiger partial charge in [-0.2, -0.15) is 0 Å². The Morgan fingerprint density at radius 1 is 1.11 bits per heavy atom. The first-order valence-electron chi connectivity index (χ1n) is 12.9. The molecule has 4 aliphatic carbocycles. The molecule has 1 aromatic carbocycles. The van der Waals surface area contributed by atoms with Crippen LogP contribution in [-0.4, -0.2) is 41.3 Å². The van der Waals surface area contributed by atoms with Crippen molar-refractivity contribution in [3.8, 4) is 0 Å². The van der Waals surface area contributed by atoms with Gasteiger partial charge in [0.05, 0.1) is 17.6 Å². The zero-order chi connectivity index (χ0) is 24.7. The summed E-state index contributed by atoms with van der Waals surface area (Å²) in [5.41, 5.74) is 1.69. The Kier molecular flexibility index (Phi) is 6.51. The van der Waals surface area contributed by atoms with Crippen LogP contribution in [0.5, 0.6) is 0 Å². The van der Waals surface area contributed by atoms with Gasteiger partial charge in [0.1, 0.15) is 17.5 Å². The van der Waals surface area contributed by atoms with Crippen LogP contribution in [0.1, 0.15) is 71.2 Å². The maximum atomic E-state index is 13.0. The molecule has 8 heteroatoms. The molecule has 2 aromatic rings. The number of anilines is 1. The SMILES string of the molecule is COCC(NC(=O)OC(C)(C)C)c1nc2cc(NC(=O)CC3C4CC5CC(C4)CC3C5)ccc2[nH]1. The van der Waals surface area contributed by atoms with Crippen LogP contribution >= 0.6 is 0 Å². The summed E-state index contributed by atoms with van der Waals surface area (Å²) in [5.74, 6) is 4.52. The number of rotatable bonds is 7. The van der Waals surface area contributed by atoms with E-state index < -0.39 is 17.7 Å². The van der Waals surface area contributed by atoms with E-state index in [1.165, 1.54) is 32.1 Å². The topological polar surface area (TPSA) is 105 Å². The minimum Gasteiger partial charge on any atom is -0.444 e. The van der Waals surface area contributed by atoms with E-state index in [4.69, 9.17) is 9.47 Å². The molecule has 0 spiro atoms. The Labute approximate surface area is 206 Å². The molecule has 1 unspecified atom stereocenters. The maximum Gasteiger partial charge on any atom is 0.408 e. The van der Waals surface area contributed by atoms with Crippen LogP contribution in [0.15, 0.2) is 18.2 Å². The van der Waals surface area contributed by atoms with Crippen molar-refractivity contribution in [2.45, 2.75) is 70.9 Å². The third-order valence-corrected chi connectivity index (χ3v) is 7.98. The molecule has 190 valence electrons. The van der Waals surface area contributed by atoms with Crippen LogP contribution in [0.2, 0.25) is 0 Å². The van der Waals surface area contributed by atoms with Crippen LogP contribution in [0.3, 0.4) is 0 Å². The number of carbonyl (C=O) groups is 2. The second-order valence-electron chi connectivity index (χ2n) is 11.9. The van der Waals surface area contributed by atoms with Crippen molar-refractivity contribution in [3.05, 3.63) is 24.0 Å². The number of hydrogen-bond donors (Lipinski definition) is 3. The second-order valence-corrected chi connectivity index (χ2v) is 11.9. The Morgan fingerprint density at radius 3 is 2.43 bits per heavy atom. The van der Waals surface area contributed by atoms with Crippen molar-refractivity contribution in [2.24, 2.45) is 29.6 Å². The molecule has 1 atom stereocenters. The number of amides is 2. The van der Waals surface area contributed by atoms with E-state index >= 15 is 0 Å². The lowest BCUT2D eigenvalue weighted by Gasteiger charge is -2.54. The van der Waals surface area contributed by atoms with Gasteiger partial charge < -0.3 is 25.1 Å². The third-order valence-electron chi connectivity index (χ3n) is 7.98. The van der Waals surface area contributed by atoms with Crippen LogP contribution in [-0.2, 0) is 14.3 Å². The number of fused-ring (bicyclic) bond motifs is 1. The van der Waals surface area contributed by atoms with Gasteiger partial charge in [-0.15, -0.1) is 0 Å². The van der Waals surface area contributed by atoms with Gasteiger partial charge in [0.15, 0.2) is 0 Å². The molecule has 4 saturated carbocycles. The van der Waals surface area contributed by atoms with E-state index in [-0.39, 0.29) is 12.5 Å². The molecule has 3 N–H and O–H groups in total. The molecule has 4 fully saturated rings.